The Morgan fingerprint density at radius 2 is 1.87 bits per heavy atom. The van der Waals surface area contributed by atoms with Crippen LogP contribution in [0, 0.1) is 11.8 Å². The molecule has 1 aromatic carbocycles. The number of carbonyl (C=O) groups excluding carboxylic acids is 3. The van der Waals surface area contributed by atoms with Crippen molar-refractivity contribution in [3.05, 3.63) is 61.2 Å². The quantitative estimate of drug-likeness (QED) is 0.206. The van der Waals surface area contributed by atoms with E-state index in [0.717, 1.165) is 5.56 Å². The molecular weight excluding hydrogens is 578 g/mol. The van der Waals surface area contributed by atoms with Gasteiger partial charge in [-0.2, -0.15) is 0 Å². The zero-order valence-corrected chi connectivity index (χ0v) is 25.3. The molecule has 2 bridgehead atoms. The smallest absolute Gasteiger partial charge is 0.247 e. The maximum Gasteiger partial charge on any atom is 0.247 e. The molecule has 9 heteroatoms. The number of nitrogens with zero attached hydrogens (tertiary/aromatic N) is 3. The van der Waals surface area contributed by atoms with Gasteiger partial charge in [-0.1, -0.05) is 58.4 Å². The van der Waals surface area contributed by atoms with E-state index in [1.807, 2.05) is 44.2 Å². The zero-order chi connectivity index (χ0) is 28.3. The molecule has 1 spiro atoms. The van der Waals surface area contributed by atoms with Crippen LogP contribution in [-0.2, 0) is 20.9 Å². The molecule has 0 aliphatic carbocycles. The van der Waals surface area contributed by atoms with Gasteiger partial charge in [0.2, 0.25) is 17.7 Å². The number of fused-ring (bicyclic) bond motifs is 1. The average molecular weight is 619 g/mol. The zero-order valence-electron chi connectivity index (χ0n) is 22.9. The Bertz CT molecular complexity index is 1090. The SMILES string of the molecule is C=CCN(Cc1ccccc1)C(=O)[C@H]1[C@H]2C(=O)N(CCCCO)C(C(=O)N(CC=C)C(C)C)C23CC(Br)[C@@H]1S3. The molecule has 3 unspecified atom stereocenters. The van der Waals surface area contributed by atoms with Gasteiger partial charge in [0, 0.05) is 48.9 Å². The van der Waals surface area contributed by atoms with Gasteiger partial charge in [0.1, 0.15) is 6.04 Å². The number of likely N-dealkylation sites (tertiary alicyclic amines) is 1. The molecule has 212 valence electrons. The first-order valence-corrected chi connectivity index (χ1v) is 15.6. The third kappa shape index (κ3) is 5.46. The Morgan fingerprint density at radius 1 is 1.18 bits per heavy atom. The molecule has 0 saturated carbocycles. The van der Waals surface area contributed by atoms with Crippen LogP contribution in [0.2, 0.25) is 0 Å². The summed E-state index contributed by atoms with van der Waals surface area (Å²) in [6.45, 7) is 13.3. The summed E-state index contributed by atoms with van der Waals surface area (Å²) in [5.74, 6) is -1.36. The molecule has 1 aromatic rings. The highest BCUT2D eigenvalue weighted by molar-refractivity contribution is 9.09. The second-order valence-electron chi connectivity index (χ2n) is 11.0. The molecule has 39 heavy (non-hydrogen) atoms. The number of alkyl halides is 1. The number of hydrogen-bond acceptors (Lipinski definition) is 5. The van der Waals surface area contributed by atoms with Crippen molar-refractivity contribution in [3.63, 3.8) is 0 Å². The molecule has 3 amide bonds. The number of aliphatic hydroxyl groups excluding tert-OH is 1. The van der Waals surface area contributed by atoms with Crippen LogP contribution in [0.3, 0.4) is 0 Å². The van der Waals surface area contributed by atoms with Crippen LogP contribution in [0.25, 0.3) is 0 Å². The number of benzene rings is 1. The van der Waals surface area contributed by atoms with Crippen LogP contribution in [0.5, 0.6) is 0 Å². The summed E-state index contributed by atoms with van der Waals surface area (Å²) in [7, 11) is 0. The van der Waals surface area contributed by atoms with Gasteiger partial charge in [-0.25, -0.2) is 0 Å². The predicted octanol–water partition coefficient (Wildman–Crippen LogP) is 3.86. The summed E-state index contributed by atoms with van der Waals surface area (Å²) in [4.78, 5) is 48.1. The summed E-state index contributed by atoms with van der Waals surface area (Å²) in [5.41, 5.74) is 1.02. The summed E-state index contributed by atoms with van der Waals surface area (Å²) in [6.07, 6.45) is 5.23. The minimum absolute atomic E-state index is 0.0161. The van der Waals surface area contributed by atoms with Crippen molar-refractivity contribution in [2.45, 2.75) is 66.6 Å². The van der Waals surface area contributed by atoms with Crippen LogP contribution < -0.4 is 0 Å². The third-order valence-electron chi connectivity index (χ3n) is 8.23. The molecule has 6 atom stereocenters. The topological polar surface area (TPSA) is 81.2 Å². The average Bonchev–Trinajstić information content (AvgIpc) is 3.50. The fourth-order valence-electron chi connectivity index (χ4n) is 6.58. The van der Waals surface area contributed by atoms with Gasteiger partial charge >= 0.3 is 0 Å². The molecule has 3 fully saturated rings. The fourth-order valence-corrected chi connectivity index (χ4v) is 10.2. The number of unbranched alkanes of at least 4 members (excludes halogenated alkanes) is 1. The van der Waals surface area contributed by atoms with Gasteiger partial charge in [0.05, 0.1) is 16.6 Å². The maximum atomic E-state index is 14.3. The van der Waals surface area contributed by atoms with Crippen LogP contribution in [0.1, 0.15) is 38.7 Å². The number of amides is 3. The lowest BCUT2D eigenvalue weighted by Crippen LogP contribution is -2.57. The molecule has 1 N–H and O–H groups in total. The van der Waals surface area contributed by atoms with Gasteiger partial charge in [-0.3, -0.25) is 14.4 Å². The number of rotatable bonds is 13. The lowest BCUT2D eigenvalue weighted by Gasteiger charge is -2.39. The molecule has 7 nitrogen and oxygen atoms in total. The predicted molar refractivity (Wildman–Crippen MR) is 159 cm³/mol. The molecule has 3 saturated heterocycles. The highest BCUT2D eigenvalue weighted by atomic mass is 79.9. The molecule has 3 aliphatic rings. The number of halogens is 1. The molecule has 3 heterocycles. The van der Waals surface area contributed by atoms with Crippen molar-refractivity contribution in [3.8, 4) is 0 Å². The van der Waals surface area contributed by atoms with Gasteiger partial charge < -0.3 is 19.8 Å². The van der Waals surface area contributed by atoms with Crippen molar-refractivity contribution in [1.82, 2.24) is 14.7 Å². The van der Waals surface area contributed by atoms with Gasteiger partial charge in [0.15, 0.2) is 0 Å². The summed E-state index contributed by atoms with van der Waals surface area (Å²) >= 11 is 5.51. The Kier molecular flexibility index (Phi) is 9.65. The van der Waals surface area contributed by atoms with E-state index in [2.05, 4.69) is 29.1 Å². The molecule has 4 rings (SSSR count). The van der Waals surface area contributed by atoms with Crippen LogP contribution in [0.4, 0.5) is 0 Å². The van der Waals surface area contributed by atoms with E-state index >= 15 is 0 Å². The van der Waals surface area contributed by atoms with Crippen molar-refractivity contribution in [2.75, 3.05) is 26.2 Å². The Morgan fingerprint density at radius 3 is 2.49 bits per heavy atom. The minimum atomic E-state index is -0.687. The van der Waals surface area contributed by atoms with Crippen molar-refractivity contribution in [2.24, 2.45) is 11.8 Å². The number of hydrogen-bond donors (Lipinski definition) is 1. The van der Waals surface area contributed by atoms with E-state index in [1.54, 1.807) is 38.6 Å². The Balaban J connectivity index is 1.73. The first-order valence-electron chi connectivity index (χ1n) is 13.8. The third-order valence-corrected chi connectivity index (χ3v) is 11.4. The second kappa shape index (κ2) is 12.6. The van der Waals surface area contributed by atoms with E-state index in [-0.39, 0.29) is 40.4 Å². The van der Waals surface area contributed by atoms with E-state index in [0.29, 0.717) is 45.4 Å². The summed E-state index contributed by atoms with van der Waals surface area (Å²) in [6, 6.07) is 9.11. The largest absolute Gasteiger partial charge is 0.396 e. The van der Waals surface area contributed by atoms with Crippen LogP contribution >= 0.6 is 27.7 Å². The monoisotopic (exact) mass is 617 g/mol. The van der Waals surface area contributed by atoms with E-state index < -0.39 is 22.6 Å². The van der Waals surface area contributed by atoms with E-state index in [1.165, 1.54) is 0 Å². The summed E-state index contributed by atoms with van der Waals surface area (Å²) in [5, 5.41) is 9.30. The van der Waals surface area contributed by atoms with Crippen LogP contribution in [0.15, 0.2) is 55.6 Å². The number of carbonyl (C=O) groups is 3. The molecule has 0 radical (unpaired) electrons. The first-order chi connectivity index (χ1) is 18.7. The van der Waals surface area contributed by atoms with Gasteiger partial charge in [-0.15, -0.1) is 24.9 Å². The highest BCUT2D eigenvalue weighted by Crippen LogP contribution is 2.68. The lowest BCUT2D eigenvalue weighted by atomic mass is 9.70. The highest BCUT2D eigenvalue weighted by Gasteiger charge is 2.76. The van der Waals surface area contributed by atoms with Gasteiger partial charge in [0.25, 0.3) is 0 Å². The standard InChI is InChI=1S/C30H40BrN3O4S/c1-5-14-32(19-21-12-8-7-9-13-21)27(36)23-24-28(37)34(16-10-11-17-35)26(29(38)33(15-6-2)20(3)4)30(24)18-22(31)25(23)39-30/h5-9,12-13,20,22-26,35H,1-2,10-11,14-19H2,3-4H3/t22?,23-,24-,25-,26?,30?/m0/s1. The molecule has 0 aromatic heterocycles. The van der Waals surface area contributed by atoms with Gasteiger partial charge in [-0.05, 0) is 38.7 Å². The Labute approximate surface area is 244 Å². The molecular formula is C30H40BrN3O4S. The minimum Gasteiger partial charge on any atom is -0.396 e. The normalized spacial score (nSPS) is 29.0. The maximum absolute atomic E-state index is 14.3. The summed E-state index contributed by atoms with van der Waals surface area (Å²) < 4.78 is -0.687. The molecule has 3 aliphatic heterocycles. The second-order valence-corrected chi connectivity index (χ2v) is 13.7. The van der Waals surface area contributed by atoms with E-state index in [9.17, 15) is 19.5 Å². The number of thioether (sulfide) groups is 1. The van der Waals surface area contributed by atoms with E-state index in [4.69, 9.17) is 0 Å². The van der Waals surface area contributed by atoms with Crippen molar-refractivity contribution >= 4 is 45.4 Å². The van der Waals surface area contributed by atoms with Crippen molar-refractivity contribution in [1.29, 1.82) is 0 Å². The van der Waals surface area contributed by atoms with Crippen molar-refractivity contribution < 1.29 is 19.5 Å². The lowest BCUT2D eigenvalue weighted by molar-refractivity contribution is -0.145. The Hall–Kier alpha value is -2.10. The number of aliphatic hydroxyl groups is 1. The first kappa shape index (κ1) is 29.9. The van der Waals surface area contributed by atoms with Crippen LogP contribution in [-0.4, -0.2) is 90.7 Å². The fraction of sp³-hybridized carbons (Fsp3) is 0.567.